The van der Waals surface area contributed by atoms with Crippen molar-refractivity contribution in [1.82, 2.24) is 9.97 Å². The number of fused-ring (bicyclic) bond motifs is 6. The van der Waals surface area contributed by atoms with Gasteiger partial charge in [0.25, 0.3) is 0 Å². The van der Waals surface area contributed by atoms with Gasteiger partial charge in [-0.2, -0.15) is 0 Å². The van der Waals surface area contributed by atoms with Crippen molar-refractivity contribution in [2.75, 3.05) is 0 Å². The van der Waals surface area contributed by atoms with Crippen molar-refractivity contribution in [2.45, 2.75) is 33.3 Å². The molecule has 0 amide bonds. The van der Waals surface area contributed by atoms with Crippen LogP contribution in [0.15, 0.2) is 85.1 Å². The quantitative estimate of drug-likeness (QED) is 0.193. The fourth-order valence-electron chi connectivity index (χ4n) is 5.51. The molecule has 0 fully saturated rings. The Bertz CT molecular complexity index is 1720. The number of aryl methyl sites for hydroxylation is 1. The average molecular weight is 473 g/mol. The van der Waals surface area contributed by atoms with Gasteiger partial charge >= 0.3 is 5.97 Å². The van der Waals surface area contributed by atoms with E-state index in [4.69, 9.17) is 4.74 Å². The first-order chi connectivity index (χ1) is 17.7. The standard InChI is InChI=1S/C32H28N2O2/c1-3-22-20(2)18-33-27(22)17-28-29-25-15-9-7-13-23(25)24-14-8-10-16-26(24)30(29)31(34-28)32(35)36-19-21-11-5-4-6-12-21/h4-16,18,33-34H,3,17,19H2,1-2H3. The number of ether oxygens (including phenoxy) is 1. The van der Waals surface area contributed by atoms with Crippen LogP contribution in [0.4, 0.5) is 0 Å². The molecule has 0 saturated heterocycles. The molecule has 0 radical (unpaired) electrons. The van der Waals surface area contributed by atoms with Gasteiger partial charge < -0.3 is 14.7 Å². The van der Waals surface area contributed by atoms with Gasteiger partial charge in [0.2, 0.25) is 0 Å². The van der Waals surface area contributed by atoms with Crippen molar-refractivity contribution in [3.05, 3.63) is 119 Å². The van der Waals surface area contributed by atoms with E-state index in [1.165, 1.54) is 22.2 Å². The van der Waals surface area contributed by atoms with Crippen LogP contribution < -0.4 is 0 Å². The molecule has 0 aliphatic heterocycles. The SMILES string of the molecule is CCc1c(C)c[nH]c1Cc1[nH]c(C(=O)OCc2ccccc2)c2c3ccccc3c3ccccc3c12. The molecule has 0 aliphatic rings. The zero-order valence-electron chi connectivity index (χ0n) is 20.5. The van der Waals surface area contributed by atoms with E-state index in [0.717, 1.165) is 44.6 Å². The lowest BCUT2D eigenvalue weighted by Gasteiger charge is -2.10. The average Bonchev–Trinajstić information content (AvgIpc) is 3.48. The number of aromatic nitrogens is 2. The Morgan fingerprint density at radius 1 is 0.778 bits per heavy atom. The zero-order chi connectivity index (χ0) is 24.6. The van der Waals surface area contributed by atoms with Gasteiger partial charge in [-0.05, 0) is 51.6 Å². The molecule has 4 heteroatoms. The van der Waals surface area contributed by atoms with Crippen LogP contribution >= 0.6 is 0 Å². The molecule has 2 heterocycles. The van der Waals surface area contributed by atoms with E-state index in [9.17, 15) is 4.79 Å². The minimum Gasteiger partial charge on any atom is -0.456 e. The molecule has 178 valence electrons. The summed E-state index contributed by atoms with van der Waals surface area (Å²) in [5, 5.41) is 6.53. The Morgan fingerprint density at radius 2 is 1.39 bits per heavy atom. The zero-order valence-corrected chi connectivity index (χ0v) is 20.5. The predicted octanol–water partition coefficient (Wildman–Crippen LogP) is 7.62. The van der Waals surface area contributed by atoms with Gasteiger partial charge in [-0.25, -0.2) is 4.79 Å². The van der Waals surface area contributed by atoms with Crippen molar-refractivity contribution in [3.8, 4) is 0 Å². The lowest BCUT2D eigenvalue weighted by molar-refractivity contribution is 0.0469. The number of nitrogens with one attached hydrogen (secondary N) is 2. The minimum atomic E-state index is -0.339. The smallest absolute Gasteiger partial charge is 0.355 e. The maximum atomic E-state index is 13.5. The largest absolute Gasteiger partial charge is 0.456 e. The summed E-state index contributed by atoms with van der Waals surface area (Å²) in [5.41, 5.74) is 6.28. The summed E-state index contributed by atoms with van der Waals surface area (Å²) >= 11 is 0. The van der Waals surface area contributed by atoms with E-state index in [0.29, 0.717) is 12.1 Å². The molecule has 0 bridgehead atoms. The van der Waals surface area contributed by atoms with Gasteiger partial charge in [-0.1, -0.05) is 85.8 Å². The number of esters is 1. The molecular formula is C32H28N2O2. The fraction of sp³-hybridized carbons (Fsp3) is 0.156. The molecule has 2 aromatic heterocycles. The first kappa shape index (κ1) is 22.2. The monoisotopic (exact) mass is 472 g/mol. The van der Waals surface area contributed by atoms with Crippen LogP contribution in [-0.2, 0) is 24.2 Å². The second kappa shape index (κ2) is 9.04. The van der Waals surface area contributed by atoms with E-state index >= 15 is 0 Å². The van der Waals surface area contributed by atoms with Crippen molar-refractivity contribution >= 4 is 38.3 Å². The first-order valence-corrected chi connectivity index (χ1v) is 12.5. The summed E-state index contributed by atoms with van der Waals surface area (Å²) in [7, 11) is 0. The molecule has 0 atom stereocenters. The topological polar surface area (TPSA) is 57.9 Å². The highest BCUT2D eigenvalue weighted by molar-refractivity contribution is 6.29. The molecule has 36 heavy (non-hydrogen) atoms. The minimum absolute atomic E-state index is 0.233. The molecule has 0 saturated carbocycles. The van der Waals surface area contributed by atoms with Gasteiger partial charge in [0.1, 0.15) is 12.3 Å². The highest BCUT2D eigenvalue weighted by Gasteiger charge is 2.23. The Balaban J connectivity index is 1.58. The molecule has 0 spiro atoms. The van der Waals surface area contributed by atoms with E-state index in [1.807, 2.05) is 36.4 Å². The number of carbonyl (C=O) groups is 1. The maximum absolute atomic E-state index is 13.5. The van der Waals surface area contributed by atoms with Gasteiger partial charge in [0, 0.05) is 34.8 Å². The van der Waals surface area contributed by atoms with Crippen LogP contribution in [0.1, 0.15) is 45.5 Å². The van der Waals surface area contributed by atoms with E-state index in [2.05, 4.69) is 72.5 Å². The van der Waals surface area contributed by atoms with Crippen molar-refractivity contribution in [1.29, 1.82) is 0 Å². The van der Waals surface area contributed by atoms with Crippen LogP contribution in [-0.4, -0.2) is 15.9 Å². The number of H-pyrrole nitrogens is 2. The van der Waals surface area contributed by atoms with Crippen molar-refractivity contribution < 1.29 is 9.53 Å². The molecular weight excluding hydrogens is 444 g/mol. The van der Waals surface area contributed by atoms with Gasteiger partial charge in [0.15, 0.2) is 0 Å². The fourth-order valence-corrected chi connectivity index (χ4v) is 5.51. The summed E-state index contributed by atoms with van der Waals surface area (Å²) in [4.78, 5) is 20.5. The number of carbonyl (C=O) groups excluding carboxylic acids is 1. The van der Waals surface area contributed by atoms with Crippen LogP contribution in [0, 0.1) is 6.92 Å². The third kappa shape index (κ3) is 3.66. The van der Waals surface area contributed by atoms with E-state index < -0.39 is 0 Å². The number of hydrogen-bond donors (Lipinski definition) is 2. The molecule has 4 aromatic carbocycles. The van der Waals surface area contributed by atoms with Crippen LogP contribution in [0.2, 0.25) is 0 Å². The van der Waals surface area contributed by atoms with Gasteiger partial charge in [-0.15, -0.1) is 0 Å². The third-order valence-electron chi connectivity index (χ3n) is 7.19. The maximum Gasteiger partial charge on any atom is 0.355 e. The van der Waals surface area contributed by atoms with Crippen LogP contribution in [0.3, 0.4) is 0 Å². The summed E-state index contributed by atoms with van der Waals surface area (Å²) in [6.07, 6.45) is 3.71. The number of hydrogen-bond acceptors (Lipinski definition) is 2. The molecule has 4 nitrogen and oxygen atoms in total. The first-order valence-electron chi connectivity index (χ1n) is 12.5. The molecule has 0 unspecified atom stereocenters. The number of rotatable bonds is 6. The Labute approximate surface area is 209 Å². The second-order valence-electron chi connectivity index (χ2n) is 9.34. The Kier molecular flexibility index (Phi) is 5.57. The van der Waals surface area contributed by atoms with Crippen molar-refractivity contribution in [2.24, 2.45) is 0 Å². The van der Waals surface area contributed by atoms with E-state index in [1.54, 1.807) is 0 Å². The Morgan fingerprint density at radius 3 is 2.06 bits per heavy atom. The van der Waals surface area contributed by atoms with E-state index in [-0.39, 0.29) is 12.6 Å². The van der Waals surface area contributed by atoms with Gasteiger partial charge in [-0.3, -0.25) is 0 Å². The Hall–Kier alpha value is -4.31. The van der Waals surface area contributed by atoms with Crippen molar-refractivity contribution in [3.63, 3.8) is 0 Å². The number of benzene rings is 4. The van der Waals surface area contributed by atoms with Crippen LogP contribution in [0.5, 0.6) is 0 Å². The molecule has 6 aromatic rings. The summed E-state index contributed by atoms with van der Waals surface area (Å²) < 4.78 is 5.82. The highest BCUT2D eigenvalue weighted by atomic mass is 16.5. The predicted molar refractivity (Wildman–Crippen MR) is 147 cm³/mol. The summed E-state index contributed by atoms with van der Waals surface area (Å²) in [5.74, 6) is -0.339. The lowest BCUT2D eigenvalue weighted by Crippen LogP contribution is -2.06. The molecule has 2 N–H and O–H groups in total. The normalized spacial score (nSPS) is 11.5. The van der Waals surface area contributed by atoms with Gasteiger partial charge in [0.05, 0.1) is 0 Å². The number of aromatic amines is 2. The molecule has 6 rings (SSSR count). The third-order valence-corrected chi connectivity index (χ3v) is 7.19. The van der Waals surface area contributed by atoms with Crippen LogP contribution in [0.25, 0.3) is 32.3 Å². The second-order valence-corrected chi connectivity index (χ2v) is 9.34. The summed E-state index contributed by atoms with van der Waals surface area (Å²) in [6, 6.07) is 26.6. The highest BCUT2D eigenvalue weighted by Crippen LogP contribution is 2.39. The summed E-state index contributed by atoms with van der Waals surface area (Å²) in [6.45, 7) is 4.56. The molecule has 0 aliphatic carbocycles. The lowest BCUT2D eigenvalue weighted by atomic mass is 9.93.